The summed E-state index contributed by atoms with van der Waals surface area (Å²) in [4.78, 5) is 25.7. The van der Waals surface area contributed by atoms with Gasteiger partial charge in [0, 0.05) is 20.5 Å². The minimum atomic E-state index is -0.429. The molecule has 2 aromatic carbocycles. The number of benzene rings is 2. The first-order valence-corrected chi connectivity index (χ1v) is 8.28. The summed E-state index contributed by atoms with van der Waals surface area (Å²) < 4.78 is 18.1. The van der Waals surface area contributed by atoms with Crippen LogP contribution in [-0.2, 0) is 16.1 Å². The van der Waals surface area contributed by atoms with Crippen molar-refractivity contribution in [2.24, 2.45) is 0 Å². The fraction of sp³-hybridized carbons (Fsp3) is 0.300. The van der Waals surface area contributed by atoms with E-state index in [-0.39, 0.29) is 24.1 Å². The van der Waals surface area contributed by atoms with Crippen LogP contribution in [0, 0.1) is 5.82 Å². The molecule has 1 atom stereocenters. The zero-order valence-electron chi connectivity index (χ0n) is 15.2. The molecule has 2 rings (SSSR count). The standard InChI is InChI=1S/C20H23FN2O3/c1-14(24)22-19(16-6-10-18(26-3)11-7-16)12-20(25)23(2)13-15-4-8-17(21)9-5-15/h4-11,19H,12-13H2,1-3H3,(H,22,24). The van der Waals surface area contributed by atoms with E-state index >= 15 is 0 Å². The Balaban J connectivity index is 2.06. The smallest absolute Gasteiger partial charge is 0.225 e. The van der Waals surface area contributed by atoms with Crippen LogP contribution in [0.15, 0.2) is 48.5 Å². The first-order valence-electron chi connectivity index (χ1n) is 8.28. The van der Waals surface area contributed by atoms with Gasteiger partial charge in [0.2, 0.25) is 11.8 Å². The molecule has 0 heterocycles. The Hall–Kier alpha value is -2.89. The zero-order valence-corrected chi connectivity index (χ0v) is 15.2. The van der Waals surface area contributed by atoms with Gasteiger partial charge in [-0.25, -0.2) is 4.39 Å². The van der Waals surface area contributed by atoms with Gasteiger partial charge in [-0.2, -0.15) is 0 Å². The van der Waals surface area contributed by atoms with E-state index < -0.39 is 6.04 Å². The van der Waals surface area contributed by atoms with Gasteiger partial charge in [-0.3, -0.25) is 9.59 Å². The average molecular weight is 358 g/mol. The number of carbonyl (C=O) groups excluding carboxylic acids is 2. The minimum Gasteiger partial charge on any atom is -0.497 e. The molecule has 0 spiro atoms. The molecule has 6 heteroatoms. The third-order valence-corrected chi connectivity index (χ3v) is 4.03. The number of nitrogens with one attached hydrogen (secondary N) is 1. The Labute approximate surface area is 152 Å². The molecule has 0 radical (unpaired) electrons. The van der Waals surface area contributed by atoms with E-state index in [0.29, 0.717) is 12.3 Å². The molecule has 5 nitrogen and oxygen atoms in total. The van der Waals surface area contributed by atoms with Gasteiger partial charge in [-0.1, -0.05) is 24.3 Å². The number of rotatable bonds is 7. The number of carbonyl (C=O) groups is 2. The highest BCUT2D eigenvalue weighted by atomic mass is 19.1. The largest absolute Gasteiger partial charge is 0.497 e. The van der Waals surface area contributed by atoms with Crippen molar-refractivity contribution in [3.63, 3.8) is 0 Å². The summed E-state index contributed by atoms with van der Waals surface area (Å²) >= 11 is 0. The van der Waals surface area contributed by atoms with Crippen LogP contribution in [0.3, 0.4) is 0 Å². The predicted octanol–water partition coefficient (Wildman–Crippen LogP) is 3.06. The third kappa shape index (κ3) is 5.58. The number of ether oxygens (including phenoxy) is 1. The second-order valence-corrected chi connectivity index (χ2v) is 6.11. The number of hydrogen-bond donors (Lipinski definition) is 1. The van der Waals surface area contributed by atoms with E-state index in [4.69, 9.17) is 4.74 Å². The van der Waals surface area contributed by atoms with Crippen molar-refractivity contribution in [3.8, 4) is 5.75 Å². The quantitative estimate of drug-likeness (QED) is 0.828. The third-order valence-electron chi connectivity index (χ3n) is 4.03. The van der Waals surface area contributed by atoms with E-state index in [9.17, 15) is 14.0 Å². The van der Waals surface area contributed by atoms with Crippen molar-refractivity contribution < 1.29 is 18.7 Å². The van der Waals surface area contributed by atoms with Crippen molar-refractivity contribution in [1.29, 1.82) is 0 Å². The van der Waals surface area contributed by atoms with Gasteiger partial charge in [0.15, 0.2) is 0 Å². The van der Waals surface area contributed by atoms with Crippen LogP contribution < -0.4 is 10.1 Å². The Morgan fingerprint density at radius 2 is 1.73 bits per heavy atom. The van der Waals surface area contributed by atoms with Crippen molar-refractivity contribution in [2.45, 2.75) is 25.9 Å². The van der Waals surface area contributed by atoms with E-state index in [1.807, 2.05) is 12.1 Å². The summed E-state index contributed by atoms with van der Waals surface area (Å²) in [6.07, 6.45) is 0.129. The first-order chi connectivity index (χ1) is 12.4. The number of nitrogens with zero attached hydrogens (tertiary/aromatic N) is 1. The van der Waals surface area contributed by atoms with Crippen molar-refractivity contribution in [1.82, 2.24) is 10.2 Å². The number of halogens is 1. The predicted molar refractivity (Wildman–Crippen MR) is 97.0 cm³/mol. The molecule has 1 unspecified atom stereocenters. The van der Waals surface area contributed by atoms with Crippen LogP contribution in [0.1, 0.15) is 30.5 Å². The Kier molecular flexibility index (Phi) is 6.72. The SMILES string of the molecule is COc1ccc(C(CC(=O)N(C)Cc2ccc(F)cc2)NC(C)=O)cc1. The lowest BCUT2D eigenvalue weighted by Gasteiger charge is -2.23. The molecule has 0 saturated heterocycles. The summed E-state index contributed by atoms with van der Waals surface area (Å²) in [5.41, 5.74) is 1.66. The molecule has 0 aromatic heterocycles. The van der Waals surface area contributed by atoms with Crippen LogP contribution in [0.4, 0.5) is 4.39 Å². The van der Waals surface area contributed by atoms with Crippen LogP contribution in [-0.4, -0.2) is 30.9 Å². The summed E-state index contributed by atoms with van der Waals surface area (Å²) in [5, 5.41) is 2.81. The second-order valence-electron chi connectivity index (χ2n) is 6.11. The number of hydrogen-bond acceptors (Lipinski definition) is 3. The van der Waals surface area contributed by atoms with Gasteiger partial charge in [0.05, 0.1) is 19.6 Å². The maximum Gasteiger partial charge on any atom is 0.225 e. The normalized spacial score (nSPS) is 11.5. The van der Waals surface area contributed by atoms with Crippen molar-refractivity contribution in [2.75, 3.05) is 14.2 Å². The molecule has 0 aliphatic rings. The van der Waals surface area contributed by atoms with E-state index in [2.05, 4.69) is 5.32 Å². The minimum absolute atomic E-state index is 0.121. The summed E-state index contributed by atoms with van der Waals surface area (Å²) in [6.45, 7) is 1.79. The summed E-state index contributed by atoms with van der Waals surface area (Å²) in [5.74, 6) is 0.0618. The van der Waals surface area contributed by atoms with E-state index in [1.165, 1.54) is 19.1 Å². The molecule has 0 saturated carbocycles. The Morgan fingerprint density at radius 1 is 1.12 bits per heavy atom. The molecule has 0 aliphatic carbocycles. The molecule has 0 aliphatic heterocycles. The Morgan fingerprint density at radius 3 is 2.27 bits per heavy atom. The number of amides is 2. The average Bonchev–Trinajstić information content (AvgIpc) is 2.62. The molecule has 26 heavy (non-hydrogen) atoms. The zero-order chi connectivity index (χ0) is 19.1. The van der Waals surface area contributed by atoms with Gasteiger partial charge in [0.1, 0.15) is 11.6 Å². The highest BCUT2D eigenvalue weighted by Gasteiger charge is 2.20. The summed E-state index contributed by atoms with van der Waals surface area (Å²) in [7, 11) is 3.26. The molecule has 1 N–H and O–H groups in total. The molecular formula is C20H23FN2O3. The maximum absolute atomic E-state index is 13.0. The Bertz CT molecular complexity index is 745. The molecule has 138 valence electrons. The van der Waals surface area contributed by atoms with E-state index in [1.54, 1.807) is 43.3 Å². The lowest BCUT2D eigenvalue weighted by molar-refractivity contribution is -0.131. The molecule has 2 amide bonds. The van der Waals surface area contributed by atoms with Crippen LogP contribution in [0.25, 0.3) is 0 Å². The highest BCUT2D eigenvalue weighted by molar-refractivity contribution is 5.79. The fourth-order valence-electron chi connectivity index (χ4n) is 2.62. The fourth-order valence-corrected chi connectivity index (χ4v) is 2.62. The molecular weight excluding hydrogens is 335 g/mol. The van der Waals surface area contributed by atoms with Crippen molar-refractivity contribution in [3.05, 3.63) is 65.5 Å². The molecule has 0 fully saturated rings. The van der Waals surface area contributed by atoms with Crippen LogP contribution in [0.5, 0.6) is 5.75 Å². The van der Waals surface area contributed by atoms with Gasteiger partial charge in [-0.05, 0) is 35.4 Å². The van der Waals surface area contributed by atoms with Gasteiger partial charge < -0.3 is 15.0 Å². The van der Waals surface area contributed by atoms with Gasteiger partial charge in [0.25, 0.3) is 0 Å². The summed E-state index contributed by atoms with van der Waals surface area (Å²) in [6, 6.07) is 12.8. The van der Waals surface area contributed by atoms with Gasteiger partial charge in [-0.15, -0.1) is 0 Å². The topological polar surface area (TPSA) is 58.6 Å². The second kappa shape index (κ2) is 8.99. The van der Waals surface area contributed by atoms with Gasteiger partial charge >= 0.3 is 0 Å². The first kappa shape index (κ1) is 19.4. The van der Waals surface area contributed by atoms with E-state index in [0.717, 1.165) is 11.1 Å². The van der Waals surface area contributed by atoms with Crippen LogP contribution >= 0.6 is 0 Å². The number of methoxy groups -OCH3 is 1. The lowest BCUT2D eigenvalue weighted by Crippen LogP contribution is -2.33. The molecule has 2 aromatic rings. The monoisotopic (exact) mass is 358 g/mol. The van der Waals surface area contributed by atoms with Crippen molar-refractivity contribution >= 4 is 11.8 Å². The lowest BCUT2D eigenvalue weighted by atomic mass is 10.0. The highest BCUT2D eigenvalue weighted by Crippen LogP contribution is 2.21. The maximum atomic E-state index is 13.0. The molecule has 0 bridgehead atoms. The van der Waals surface area contributed by atoms with Crippen LogP contribution in [0.2, 0.25) is 0 Å².